The van der Waals surface area contributed by atoms with Crippen molar-refractivity contribution in [3.05, 3.63) is 0 Å². The molecule has 5 nitrogen and oxygen atoms in total. The molecule has 2 unspecified atom stereocenters. The second kappa shape index (κ2) is 7.24. The topological polar surface area (TPSA) is 62.8 Å². The molecule has 0 amide bonds. The van der Waals surface area contributed by atoms with Gasteiger partial charge in [0.1, 0.15) is 0 Å². The van der Waals surface area contributed by atoms with Crippen molar-refractivity contribution in [2.24, 2.45) is 0 Å². The first kappa shape index (κ1) is 17.6. The summed E-state index contributed by atoms with van der Waals surface area (Å²) in [4.78, 5) is 16.6. The van der Waals surface area contributed by atoms with Gasteiger partial charge in [-0.1, -0.05) is 27.7 Å². The molecule has 0 radical (unpaired) electrons. The number of hydrogen-bond donors (Lipinski definition) is 3. The lowest BCUT2D eigenvalue weighted by atomic mass is 10.4. The van der Waals surface area contributed by atoms with Gasteiger partial charge in [-0.25, -0.2) is 0 Å². The van der Waals surface area contributed by atoms with E-state index in [0.29, 0.717) is 0 Å². The predicted molar refractivity (Wildman–Crippen MR) is 77.7 cm³/mol. The summed E-state index contributed by atoms with van der Waals surface area (Å²) in [7, 11) is -5.45. The van der Waals surface area contributed by atoms with Crippen molar-refractivity contribution in [1.29, 1.82) is 0 Å². The number of hydrogen-bond acceptors (Lipinski definition) is 6. The molecule has 0 rings (SSSR count). The summed E-state index contributed by atoms with van der Waals surface area (Å²) >= 11 is 1.27. The van der Waals surface area contributed by atoms with Crippen molar-refractivity contribution in [2.45, 2.75) is 52.9 Å². The molecule has 0 aromatic heterocycles. The van der Waals surface area contributed by atoms with Crippen molar-refractivity contribution >= 4 is 29.5 Å². The van der Waals surface area contributed by atoms with E-state index in [9.17, 15) is 4.80 Å². The van der Waals surface area contributed by atoms with E-state index in [1.807, 2.05) is 40.5 Å². The van der Waals surface area contributed by atoms with E-state index >= 15 is 0 Å². The summed E-state index contributed by atoms with van der Waals surface area (Å²) in [6.07, 6.45) is 1.85. The highest BCUT2D eigenvalue weighted by Gasteiger charge is 2.43. The summed E-state index contributed by atoms with van der Waals surface area (Å²) in [5.41, 5.74) is 0. The van der Waals surface area contributed by atoms with Crippen molar-refractivity contribution in [3.63, 3.8) is 0 Å². The van der Waals surface area contributed by atoms with Crippen LogP contribution < -0.4 is 9.96 Å². The van der Waals surface area contributed by atoms with Gasteiger partial charge in [0.25, 0.3) is 0 Å². The summed E-state index contributed by atoms with van der Waals surface area (Å²) in [6, 6.07) is 0.436. The van der Waals surface area contributed by atoms with Crippen LogP contribution in [0.2, 0.25) is 13.1 Å². The fourth-order valence-electron chi connectivity index (χ4n) is 1.70. The second-order valence-corrected chi connectivity index (χ2v) is 11.1. The Morgan fingerprint density at radius 2 is 1.53 bits per heavy atom. The van der Waals surface area contributed by atoms with Crippen LogP contribution in [0.3, 0.4) is 0 Å². The van der Waals surface area contributed by atoms with Crippen LogP contribution in [0.25, 0.3) is 0 Å². The van der Waals surface area contributed by atoms with E-state index in [2.05, 4.69) is 9.96 Å². The van der Waals surface area contributed by atoms with Gasteiger partial charge in [-0.15, -0.1) is 0 Å². The molecule has 0 fully saturated rings. The average molecular weight is 299 g/mol. The Hall–Kier alpha value is 0.584. The van der Waals surface area contributed by atoms with E-state index in [-0.39, 0.29) is 12.1 Å². The van der Waals surface area contributed by atoms with E-state index in [1.165, 1.54) is 12.0 Å². The van der Waals surface area contributed by atoms with Crippen LogP contribution in [-0.2, 0) is 7.99 Å². The molecule has 8 heteroatoms. The molecule has 0 aliphatic carbocycles. The summed E-state index contributed by atoms with van der Waals surface area (Å²) < 4.78 is 11.5. The number of rotatable bonds is 8. The monoisotopic (exact) mass is 298 g/mol. The van der Waals surface area contributed by atoms with Gasteiger partial charge in [-0.2, -0.15) is 0 Å². The van der Waals surface area contributed by atoms with Crippen molar-refractivity contribution in [1.82, 2.24) is 9.96 Å². The minimum absolute atomic E-state index is 0.184. The fraction of sp³-hybridized carbons (Fsp3) is 1.00. The molecule has 104 valence electrons. The van der Waals surface area contributed by atoms with Crippen LogP contribution in [0.1, 0.15) is 27.7 Å². The lowest BCUT2D eigenvalue weighted by Crippen LogP contribution is -2.66. The highest BCUT2D eigenvalue weighted by molar-refractivity contribution is 7.94. The van der Waals surface area contributed by atoms with E-state index in [1.54, 1.807) is 6.55 Å². The first-order chi connectivity index (χ1) is 7.60. The largest absolute Gasteiger partial charge is 0.425 e. The predicted octanol–water partition coefficient (Wildman–Crippen LogP) is 1.42. The Morgan fingerprint density at radius 3 is 1.88 bits per heavy atom. The first-order valence-corrected chi connectivity index (χ1v) is 11.6. The summed E-state index contributed by atoms with van der Waals surface area (Å²) in [5.74, 6) is 0. The quantitative estimate of drug-likeness (QED) is 0.465. The lowest BCUT2D eigenvalue weighted by molar-refractivity contribution is 0.293. The minimum atomic E-state index is -2.89. The first-order valence-electron chi connectivity index (χ1n) is 5.80. The Balaban J connectivity index is 4.61. The molecule has 0 saturated carbocycles. The Morgan fingerprint density at radius 1 is 1.06 bits per heavy atom. The zero-order valence-electron chi connectivity index (χ0n) is 11.8. The molecule has 0 aromatic rings. The van der Waals surface area contributed by atoms with Gasteiger partial charge >= 0.3 is 17.4 Å². The van der Waals surface area contributed by atoms with Gasteiger partial charge < -0.3 is 12.8 Å². The Kier molecular flexibility index (Phi) is 7.49. The molecule has 0 spiro atoms. The molecular formula is C9H26N2O3SSi2. The SMILES string of the molecule is CSO[Si](C)(NC(C)C)O[Si](C)(O)NC(C)C. The molecule has 3 N–H and O–H groups in total. The van der Waals surface area contributed by atoms with E-state index in [0.717, 1.165) is 0 Å². The van der Waals surface area contributed by atoms with Gasteiger partial charge in [0.05, 0.1) is 0 Å². The third-order valence-electron chi connectivity index (χ3n) is 1.74. The highest BCUT2D eigenvalue weighted by Crippen LogP contribution is 2.15. The Bertz CT molecular complexity index is 232. The van der Waals surface area contributed by atoms with Crippen LogP contribution in [0.5, 0.6) is 0 Å². The number of nitrogens with one attached hydrogen (secondary N) is 2. The fourth-order valence-corrected chi connectivity index (χ4v) is 9.23. The average Bonchev–Trinajstić information content (AvgIpc) is 1.95. The minimum Gasteiger partial charge on any atom is -0.400 e. The maximum atomic E-state index is 10.3. The van der Waals surface area contributed by atoms with Crippen LogP contribution in [0.15, 0.2) is 0 Å². The molecule has 2 atom stereocenters. The standard InChI is InChI=1S/C9H26N2O3SSi2/c1-8(2)10-16(6,12)14-17(7,13-15-5)11-9(3)4/h8-12H,1-7H3. The summed E-state index contributed by atoms with van der Waals surface area (Å²) in [6.45, 7) is 11.7. The van der Waals surface area contributed by atoms with Gasteiger partial charge in [-0.3, -0.25) is 9.96 Å². The lowest BCUT2D eigenvalue weighted by Gasteiger charge is -2.35. The molecule has 0 aliphatic rings. The molecular weight excluding hydrogens is 272 g/mol. The van der Waals surface area contributed by atoms with Gasteiger partial charge in [0.15, 0.2) is 0 Å². The molecule has 0 bridgehead atoms. The van der Waals surface area contributed by atoms with Crippen LogP contribution in [-0.4, -0.2) is 40.6 Å². The van der Waals surface area contributed by atoms with Crippen LogP contribution in [0, 0.1) is 0 Å². The van der Waals surface area contributed by atoms with Gasteiger partial charge in [-0.05, 0) is 37.2 Å². The summed E-state index contributed by atoms with van der Waals surface area (Å²) in [5, 5.41) is 0. The zero-order chi connectivity index (χ0) is 13.7. The van der Waals surface area contributed by atoms with Gasteiger partial charge in [0.2, 0.25) is 0 Å². The van der Waals surface area contributed by atoms with E-state index in [4.69, 9.17) is 7.99 Å². The maximum absolute atomic E-state index is 10.3. The van der Waals surface area contributed by atoms with Crippen molar-refractivity contribution in [3.8, 4) is 0 Å². The maximum Gasteiger partial charge on any atom is 0.425 e. The van der Waals surface area contributed by atoms with Gasteiger partial charge in [0, 0.05) is 6.26 Å². The van der Waals surface area contributed by atoms with Crippen LogP contribution >= 0.6 is 12.0 Å². The highest BCUT2D eigenvalue weighted by atomic mass is 32.2. The second-order valence-electron chi connectivity index (χ2n) is 4.88. The Labute approximate surface area is 112 Å². The third kappa shape index (κ3) is 8.32. The molecule has 0 saturated heterocycles. The van der Waals surface area contributed by atoms with Crippen molar-refractivity contribution < 1.29 is 12.8 Å². The van der Waals surface area contributed by atoms with Crippen LogP contribution in [0.4, 0.5) is 0 Å². The normalized spacial score (nSPS) is 19.4. The molecule has 0 aromatic carbocycles. The van der Waals surface area contributed by atoms with E-state index < -0.39 is 17.4 Å². The third-order valence-corrected chi connectivity index (χ3v) is 9.04. The molecule has 0 heterocycles. The smallest absolute Gasteiger partial charge is 0.400 e. The zero-order valence-corrected chi connectivity index (χ0v) is 14.6. The van der Waals surface area contributed by atoms with Crippen molar-refractivity contribution in [2.75, 3.05) is 6.26 Å². The molecule has 0 aliphatic heterocycles. The molecule has 17 heavy (non-hydrogen) atoms.